The minimum Gasteiger partial charge on any atom is -0.508 e. The highest BCUT2D eigenvalue weighted by atomic mass is 19.4. The second-order valence-corrected chi connectivity index (χ2v) is 11.7. The number of hydrogen-bond acceptors (Lipinski definition) is 11. The lowest BCUT2D eigenvalue weighted by Crippen LogP contribution is -2.65. The first kappa shape index (κ1) is 31.1. The number of anilines is 1. The van der Waals surface area contributed by atoms with Crippen LogP contribution in [0.1, 0.15) is 34.7 Å². The molecule has 0 saturated heterocycles. The molecular formula is C29H31F3N4O8. The number of aliphatic hydroxyl groups is 3. The summed E-state index contributed by atoms with van der Waals surface area (Å²) in [6, 6.07) is 0.409. The topological polar surface area (TPSA) is 191 Å². The average Bonchev–Trinajstić information content (AvgIpc) is 3.39. The van der Waals surface area contributed by atoms with Crippen molar-refractivity contribution in [3.8, 4) is 5.75 Å². The van der Waals surface area contributed by atoms with E-state index in [0.717, 1.165) is 0 Å². The summed E-state index contributed by atoms with van der Waals surface area (Å²) in [5.74, 6) is -7.82. The standard InChI is InChI=1S/C29H31F3N4O8/c1-35(2)15-9-11(5-6-17-34-16(10-44-17)29(30,31)32)22(37)19-13(15)7-12-8-14-21(36(3)4)24(39)20(27(33)42)26(41)28(14,43)25(40)18(12)23(19)38/h9-10,12,14,21,37-38,41,43H,5-8H2,1-4H3,(H2,33,42)/t12-,14+,21?,28-/m1/s1. The molecule has 0 spiro atoms. The molecule has 6 N–H and O–H groups in total. The van der Waals surface area contributed by atoms with Gasteiger partial charge >= 0.3 is 6.18 Å². The zero-order valence-corrected chi connectivity index (χ0v) is 24.2. The van der Waals surface area contributed by atoms with E-state index in [1.807, 2.05) is 0 Å². The third kappa shape index (κ3) is 4.53. The van der Waals surface area contributed by atoms with Crippen molar-refractivity contribution in [2.45, 2.75) is 43.5 Å². The number of Topliss-reactive ketones (excluding diaryl/α,β-unsaturated/α-hetero) is 2. The fourth-order valence-corrected chi connectivity index (χ4v) is 6.73. The Morgan fingerprint density at radius 2 is 1.82 bits per heavy atom. The number of aromatic nitrogens is 1. The quantitative estimate of drug-likeness (QED) is 0.296. The minimum atomic E-state index is -4.70. The zero-order chi connectivity index (χ0) is 32.6. The highest BCUT2D eigenvalue weighted by Gasteiger charge is 2.64. The van der Waals surface area contributed by atoms with Gasteiger partial charge < -0.3 is 35.5 Å². The van der Waals surface area contributed by atoms with Gasteiger partial charge in [0.05, 0.1) is 11.6 Å². The van der Waals surface area contributed by atoms with Gasteiger partial charge in [-0.3, -0.25) is 19.3 Å². The van der Waals surface area contributed by atoms with Gasteiger partial charge in [-0.2, -0.15) is 13.2 Å². The fourth-order valence-electron chi connectivity index (χ4n) is 6.73. The van der Waals surface area contributed by atoms with Crippen LogP contribution in [0.5, 0.6) is 5.75 Å². The number of alkyl halides is 3. The number of nitrogens with two attached hydrogens (primary N) is 1. The lowest BCUT2D eigenvalue weighted by molar-refractivity contribution is -0.153. The van der Waals surface area contributed by atoms with Crippen LogP contribution in [0.25, 0.3) is 5.76 Å². The van der Waals surface area contributed by atoms with Gasteiger partial charge in [-0.1, -0.05) is 0 Å². The molecule has 3 aliphatic carbocycles. The molecule has 0 radical (unpaired) electrons. The molecule has 1 fully saturated rings. The number of aryl methyl sites for hydroxylation is 2. The maximum Gasteiger partial charge on any atom is 0.436 e. The van der Waals surface area contributed by atoms with Gasteiger partial charge in [0.1, 0.15) is 29.1 Å². The number of halogens is 3. The molecule has 3 aliphatic rings. The molecule has 0 bridgehead atoms. The van der Waals surface area contributed by atoms with Crippen LogP contribution < -0.4 is 10.6 Å². The largest absolute Gasteiger partial charge is 0.508 e. The third-order valence-corrected chi connectivity index (χ3v) is 8.71. The molecule has 1 unspecified atom stereocenters. The maximum atomic E-state index is 14.0. The van der Waals surface area contributed by atoms with Crippen molar-refractivity contribution in [2.24, 2.45) is 17.6 Å². The predicted molar refractivity (Wildman–Crippen MR) is 147 cm³/mol. The normalized spacial score (nSPS) is 25.2. The van der Waals surface area contributed by atoms with Gasteiger partial charge in [-0.25, -0.2) is 4.98 Å². The summed E-state index contributed by atoms with van der Waals surface area (Å²) in [4.78, 5) is 46.0. The Morgan fingerprint density at radius 3 is 2.36 bits per heavy atom. The second-order valence-electron chi connectivity index (χ2n) is 11.7. The van der Waals surface area contributed by atoms with Crippen LogP contribution in [0.2, 0.25) is 0 Å². The Hall–Kier alpha value is -4.37. The van der Waals surface area contributed by atoms with Crippen molar-refractivity contribution in [2.75, 3.05) is 33.1 Å². The zero-order valence-electron chi connectivity index (χ0n) is 24.2. The van der Waals surface area contributed by atoms with Gasteiger partial charge in [0.2, 0.25) is 5.78 Å². The summed E-state index contributed by atoms with van der Waals surface area (Å²) in [6.45, 7) is 0. The molecule has 15 heteroatoms. The predicted octanol–water partition coefficient (Wildman–Crippen LogP) is 1.82. The molecule has 12 nitrogen and oxygen atoms in total. The van der Waals surface area contributed by atoms with E-state index < -0.39 is 75.7 Å². The summed E-state index contributed by atoms with van der Waals surface area (Å²) < 4.78 is 43.8. The molecule has 0 aliphatic heterocycles. The first-order valence-corrected chi connectivity index (χ1v) is 13.6. The highest BCUT2D eigenvalue weighted by molar-refractivity contribution is 6.24. The summed E-state index contributed by atoms with van der Waals surface area (Å²) in [5.41, 5.74) is 1.24. The third-order valence-electron chi connectivity index (χ3n) is 8.71. The number of amides is 1. The molecular weight excluding hydrogens is 589 g/mol. The lowest BCUT2D eigenvalue weighted by atomic mass is 9.57. The number of hydrogen-bond donors (Lipinski definition) is 5. The van der Waals surface area contributed by atoms with E-state index in [4.69, 9.17) is 10.2 Å². The van der Waals surface area contributed by atoms with E-state index >= 15 is 0 Å². The van der Waals surface area contributed by atoms with Crippen molar-refractivity contribution in [3.05, 3.63) is 57.5 Å². The number of carbonyl (C=O) groups is 3. The number of aromatic hydroxyl groups is 1. The number of benzene rings is 1. The van der Waals surface area contributed by atoms with Gasteiger partial charge in [-0.15, -0.1) is 0 Å². The van der Waals surface area contributed by atoms with Crippen molar-refractivity contribution in [1.29, 1.82) is 0 Å². The Kier molecular flexibility index (Phi) is 7.32. The first-order valence-electron chi connectivity index (χ1n) is 13.6. The van der Waals surface area contributed by atoms with Gasteiger partial charge in [0.15, 0.2) is 23.0 Å². The van der Waals surface area contributed by atoms with Crippen molar-refractivity contribution < 1.29 is 52.4 Å². The van der Waals surface area contributed by atoms with Crippen molar-refractivity contribution in [1.82, 2.24) is 9.88 Å². The van der Waals surface area contributed by atoms with Gasteiger partial charge in [-0.05, 0) is 56.5 Å². The summed E-state index contributed by atoms with van der Waals surface area (Å²) in [7, 11) is 6.44. The maximum absolute atomic E-state index is 14.0. The number of phenolic OH excluding ortho intramolecular Hbond substituents is 1. The number of rotatable bonds is 6. The number of likely N-dealkylation sites (N-methyl/N-ethyl adjacent to an activating group) is 1. The molecule has 1 amide bonds. The average molecular weight is 621 g/mol. The number of aliphatic hydroxyl groups excluding tert-OH is 2. The van der Waals surface area contributed by atoms with Gasteiger partial charge in [0.25, 0.3) is 5.91 Å². The summed E-state index contributed by atoms with van der Waals surface area (Å²) in [6.07, 6.45) is -4.37. The second kappa shape index (κ2) is 10.4. The lowest BCUT2D eigenvalue weighted by Gasteiger charge is -2.50. The molecule has 1 aromatic carbocycles. The minimum absolute atomic E-state index is 0.0537. The van der Waals surface area contributed by atoms with Crippen molar-refractivity contribution >= 4 is 28.9 Å². The fraction of sp³-hybridized carbons (Fsp3) is 0.448. The smallest absolute Gasteiger partial charge is 0.436 e. The van der Waals surface area contributed by atoms with Crippen LogP contribution in [0.4, 0.5) is 18.9 Å². The van der Waals surface area contributed by atoms with Crippen LogP contribution in [0.3, 0.4) is 0 Å². The van der Waals surface area contributed by atoms with Crippen LogP contribution in [-0.2, 0) is 39.8 Å². The molecule has 5 rings (SSSR count). The number of ketones is 2. The monoisotopic (exact) mass is 620 g/mol. The summed E-state index contributed by atoms with van der Waals surface area (Å²) >= 11 is 0. The summed E-state index contributed by atoms with van der Waals surface area (Å²) in [5, 5.41) is 45.6. The number of carbonyl (C=O) groups excluding carboxylic acids is 3. The van der Waals surface area contributed by atoms with E-state index in [1.165, 1.54) is 19.0 Å². The van der Waals surface area contributed by atoms with E-state index in [1.54, 1.807) is 25.1 Å². The van der Waals surface area contributed by atoms with E-state index in [-0.39, 0.29) is 48.3 Å². The number of nitrogens with zero attached hydrogens (tertiary/aromatic N) is 3. The SMILES string of the molecule is CN(C)c1cc(CCc2nc(C(F)(F)F)co2)c(O)c2c1C[C@@H]1C[C@H]3C(N(C)C)C(=O)C(C(N)=O)=C(O)[C@]3(O)C(=O)C1=C2O. The molecule has 2 aromatic rings. The number of oxazole rings is 1. The molecule has 4 atom stereocenters. The molecule has 1 aromatic heterocycles. The van der Waals surface area contributed by atoms with Gasteiger partial charge in [0, 0.05) is 37.7 Å². The van der Waals surface area contributed by atoms with E-state index in [0.29, 0.717) is 17.5 Å². The molecule has 44 heavy (non-hydrogen) atoms. The molecule has 1 saturated carbocycles. The van der Waals surface area contributed by atoms with Crippen LogP contribution in [0, 0.1) is 11.8 Å². The molecule has 1 heterocycles. The Morgan fingerprint density at radius 1 is 1.16 bits per heavy atom. The Balaban J connectivity index is 1.63. The van der Waals surface area contributed by atoms with Crippen LogP contribution in [-0.4, -0.2) is 87.6 Å². The number of fused-ring (bicyclic) bond motifs is 3. The number of phenols is 1. The van der Waals surface area contributed by atoms with Crippen molar-refractivity contribution in [3.63, 3.8) is 0 Å². The molecule has 236 valence electrons. The Bertz CT molecular complexity index is 1660. The van der Waals surface area contributed by atoms with Crippen LogP contribution >= 0.6 is 0 Å². The van der Waals surface area contributed by atoms with E-state index in [9.17, 15) is 48.0 Å². The number of primary amides is 1. The van der Waals surface area contributed by atoms with E-state index in [2.05, 4.69) is 4.98 Å². The highest BCUT2D eigenvalue weighted by Crippen LogP contribution is 2.54. The van der Waals surface area contributed by atoms with Crippen LogP contribution in [0.15, 0.2) is 33.7 Å². The Labute approximate surface area is 248 Å². The first-order chi connectivity index (χ1) is 20.4.